The van der Waals surface area contributed by atoms with Gasteiger partial charge in [0.2, 0.25) is 5.91 Å². The van der Waals surface area contributed by atoms with Crippen LogP contribution in [0.5, 0.6) is 0 Å². The standard InChI is InChI=1S/C55H101NO5/c1-3-5-7-9-11-13-15-24-27-31-35-39-43-47-53(58)52(51-57)56-54(59)48-44-40-36-32-28-25-22-20-18-17-19-21-23-26-30-34-38-42-46-50-61-55(60)49-45-41-37-33-29-16-14-12-10-8-6-4-2/h12,14,21,23,26,30,43,47,52-53,57-58H,3-11,13,15-20,22,24-25,27-29,31-42,44-46,48-51H2,1-2H3,(H,56,59)/b14-12-,23-21-,30-26-,47-43+. The Morgan fingerprint density at radius 1 is 0.459 bits per heavy atom. The number of allylic oxidation sites excluding steroid dienone is 7. The number of nitrogens with one attached hydrogen (secondary N) is 1. The van der Waals surface area contributed by atoms with Crippen LogP contribution in [0.4, 0.5) is 0 Å². The summed E-state index contributed by atoms with van der Waals surface area (Å²) in [6.07, 6.45) is 62.6. The highest BCUT2D eigenvalue weighted by molar-refractivity contribution is 5.76. The number of amides is 1. The third-order valence-electron chi connectivity index (χ3n) is 11.8. The van der Waals surface area contributed by atoms with E-state index in [1.54, 1.807) is 6.08 Å². The zero-order valence-corrected chi connectivity index (χ0v) is 40.4. The van der Waals surface area contributed by atoms with E-state index in [0.29, 0.717) is 19.4 Å². The maximum atomic E-state index is 12.4. The molecule has 0 radical (unpaired) electrons. The Balaban J connectivity index is 3.52. The third-order valence-corrected chi connectivity index (χ3v) is 11.8. The highest BCUT2D eigenvalue weighted by Gasteiger charge is 2.18. The number of carbonyl (C=O) groups excluding carboxylic acids is 2. The average molecular weight is 856 g/mol. The van der Waals surface area contributed by atoms with Crippen LogP contribution in [-0.4, -0.2) is 47.4 Å². The highest BCUT2D eigenvalue weighted by Crippen LogP contribution is 2.15. The number of unbranched alkanes of at least 4 members (excludes halogenated alkanes) is 32. The van der Waals surface area contributed by atoms with Crippen molar-refractivity contribution in [1.29, 1.82) is 0 Å². The molecule has 0 saturated heterocycles. The number of hydrogen-bond donors (Lipinski definition) is 3. The van der Waals surface area contributed by atoms with Crippen LogP contribution in [0.3, 0.4) is 0 Å². The molecule has 0 fully saturated rings. The smallest absolute Gasteiger partial charge is 0.305 e. The van der Waals surface area contributed by atoms with E-state index >= 15 is 0 Å². The molecule has 0 aromatic heterocycles. The SMILES string of the molecule is CCCCC/C=C\CCCCCCCC(=O)OCCCCC/C=C\C=C/CCCCCCCCCCCCC(=O)NC(CO)C(O)/C=C/CCCCCCCCCCCCC. The summed E-state index contributed by atoms with van der Waals surface area (Å²) in [6, 6.07) is -0.635. The lowest BCUT2D eigenvalue weighted by molar-refractivity contribution is -0.143. The molecule has 0 heterocycles. The molecular formula is C55H101NO5. The lowest BCUT2D eigenvalue weighted by Crippen LogP contribution is -2.45. The van der Waals surface area contributed by atoms with Crippen molar-refractivity contribution in [2.75, 3.05) is 13.2 Å². The lowest BCUT2D eigenvalue weighted by atomic mass is 10.0. The van der Waals surface area contributed by atoms with E-state index < -0.39 is 12.1 Å². The number of aliphatic hydroxyl groups excluding tert-OH is 2. The second-order valence-electron chi connectivity index (χ2n) is 17.9. The van der Waals surface area contributed by atoms with Gasteiger partial charge >= 0.3 is 5.97 Å². The molecule has 0 aliphatic heterocycles. The van der Waals surface area contributed by atoms with Gasteiger partial charge in [-0.25, -0.2) is 0 Å². The van der Waals surface area contributed by atoms with Crippen molar-refractivity contribution in [2.45, 2.75) is 276 Å². The number of esters is 1. The predicted octanol–water partition coefficient (Wildman–Crippen LogP) is 15.8. The van der Waals surface area contributed by atoms with Gasteiger partial charge in [0, 0.05) is 12.8 Å². The minimum Gasteiger partial charge on any atom is -0.466 e. The summed E-state index contributed by atoms with van der Waals surface area (Å²) in [5.41, 5.74) is 0. The zero-order chi connectivity index (χ0) is 44.4. The van der Waals surface area contributed by atoms with Crippen molar-refractivity contribution < 1.29 is 24.5 Å². The molecule has 0 aliphatic rings. The minimum absolute atomic E-state index is 0.0252. The van der Waals surface area contributed by atoms with Crippen molar-refractivity contribution in [3.8, 4) is 0 Å². The van der Waals surface area contributed by atoms with Crippen molar-refractivity contribution in [2.24, 2.45) is 0 Å². The molecule has 1 amide bonds. The maximum absolute atomic E-state index is 12.4. The lowest BCUT2D eigenvalue weighted by Gasteiger charge is -2.20. The van der Waals surface area contributed by atoms with Crippen LogP contribution in [0.1, 0.15) is 264 Å². The predicted molar refractivity (Wildman–Crippen MR) is 264 cm³/mol. The highest BCUT2D eigenvalue weighted by atomic mass is 16.5. The Bertz CT molecular complexity index is 1040. The van der Waals surface area contributed by atoms with Crippen LogP contribution in [-0.2, 0) is 14.3 Å². The first-order chi connectivity index (χ1) is 30.0. The van der Waals surface area contributed by atoms with Crippen LogP contribution in [0.25, 0.3) is 0 Å². The fourth-order valence-corrected chi connectivity index (χ4v) is 7.73. The van der Waals surface area contributed by atoms with E-state index in [0.717, 1.165) is 77.0 Å². The number of hydrogen-bond acceptors (Lipinski definition) is 5. The molecular weight excluding hydrogens is 755 g/mol. The first kappa shape index (κ1) is 58.8. The molecule has 3 N–H and O–H groups in total. The van der Waals surface area contributed by atoms with Gasteiger partial charge in [-0.1, -0.05) is 210 Å². The zero-order valence-electron chi connectivity index (χ0n) is 40.4. The maximum Gasteiger partial charge on any atom is 0.305 e. The number of aliphatic hydroxyl groups is 2. The van der Waals surface area contributed by atoms with Crippen molar-refractivity contribution >= 4 is 11.9 Å². The van der Waals surface area contributed by atoms with Gasteiger partial charge in [-0.05, 0) is 89.9 Å². The van der Waals surface area contributed by atoms with Crippen LogP contribution in [0.2, 0.25) is 0 Å². The van der Waals surface area contributed by atoms with Gasteiger partial charge in [0.05, 0.1) is 25.4 Å². The summed E-state index contributed by atoms with van der Waals surface area (Å²) < 4.78 is 5.43. The summed E-state index contributed by atoms with van der Waals surface area (Å²) in [7, 11) is 0. The molecule has 0 bridgehead atoms. The van der Waals surface area contributed by atoms with Gasteiger partial charge in [0.1, 0.15) is 0 Å². The quantitative estimate of drug-likeness (QED) is 0.0245. The Morgan fingerprint density at radius 3 is 1.30 bits per heavy atom. The molecule has 0 aliphatic carbocycles. The van der Waals surface area contributed by atoms with Gasteiger partial charge in [-0.2, -0.15) is 0 Å². The second-order valence-corrected chi connectivity index (χ2v) is 17.9. The largest absolute Gasteiger partial charge is 0.466 e. The first-order valence-electron chi connectivity index (χ1n) is 26.4. The van der Waals surface area contributed by atoms with Gasteiger partial charge in [0.15, 0.2) is 0 Å². The number of carbonyl (C=O) groups is 2. The summed E-state index contributed by atoms with van der Waals surface area (Å²) in [5.74, 6) is -0.105. The van der Waals surface area contributed by atoms with Gasteiger partial charge in [0.25, 0.3) is 0 Å². The van der Waals surface area contributed by atoms with E-state index in [2.05, 4.69) is 55.6 Å². The Labute approximate surface area is 378 Å². The third kappa shape index (κ3) is 47.1. The topological polar surface area (TPSA) is 95.9 Å². The van der Waals surface area contributed by atoms with Crippen molar-refractivity contribution in [3.05, 3.63) is 48.6 Å². The summed E-state index contributed by atoms with van der Waals surface area (Å²) in [6.45, 7) is 4.82. The summed E-state index contributed by atoms with van der Waals surface area (Å²) >= 11 is 0. The van der Waals surface area contributed by atoms with Crippen LogP contribution in [0.15, 0.2) is 48.6 Å². The summed E-state index contributed by atoms with van der Waals surface area (Å²) in [4.78, 5) is 24.4. The molecule has 2 atom stereocenters. The minimum atomic E-state index is -0.851. The molecule has 6 heteroatoms. The normalized spacial score (nSPS) is 13.0. The van der Waals surface area contributed by atoms with Gasteiger partial charge < -0.3 is 20.3 Å². The first-order valence-corrected chi connectivity index (χ1v) is 26.4. The number of rotatable bonds is 48. The fraction of sp³-hybridized carbons (Fsp3) is 0.818. The summed E-state index contributed by atoms with van der Waals surface area (Å²) in [5, 5.41) is 23.0. The average Bonchev–Trinajstić information content (AvgIpc) is 3.26. The molecule has 6 nitrogen and oxygen atoms in total. The molecule has 0 aromatic carbocycles. The van der Waals surface area contributed by atoms with E-state index in [1.807, 2.05) is 6.08 Å². The molecule has 0 rings (SSSR count). The Morgan fingerprint density at radius 2 is 0.820 bits per heavy atom. The van der Waals surface area contributed by atoms with E-state index in [-0.39, 0.29) is 18.5 Å². The monoisotopic (exact) mass is 856 g/mol. The van der Waals surface area contributed by atoms with Gasteiger partial charge in [-0.15, -0.1) is 0 Å². The van der Waals surface area contributed by atoms with E-state index in [4.69, 9.17) is 4.74 Å². The number of ether oxygens (including phenoxy) is 1. The van der Waals surface area contributed by atoms with Crippen molar-refractivity contribution in [1.82, 2.24) is 5.32 Å². The molecule has 0 spiro atoms. The Hall–Kier alpha value is -2.18. The molecule has 356 valence electrons. The molecule has 2 unspecified atom stereocenters. The van der Waals surface area contributed by atoms with Crippen LogP contribution >= 0.6 is 0 Å². The van der Waals surface area contributed by atoms with Crippen LogP contribution in [0, 0.1) is 0 Å². The van der Waals surface area contributed by atoms with E-state index in [1.165, 1.54) is 161 Å². The van der Waals surface area contributed by atoms with Crippen LogP contribution < -0.4 is 5.32 Å². The molecule has 0 aromatic rings. The van der Waals surface area contributed by atoms with E-state index in [9.17, 15) is 19.8 Å². The second kappa shape index (κ2) is 50.5. The molecule has 61 heavy (non-hydrogen) atoms. The molecule has 0 saturated carbocycles. The van der Waals surface area contributed by atoms with Gasteiger partial charge in [-0.3, -0.25) is 9.59 Å². The fourth-order valence-electron chi connectivity index (χ4n) is 7.73. The Kier molecular flexibility index (Phi) is 48.7. The van der Waals surface area contributed by atoms with Crippen molar-refractivity contribution in [3.63, 3.8) is 0 Å².